The molecule has 0 aromatic carbocycles. The highest BCUT2D eigenvalue weighted by Crippen LogP contribution is 2.21. The van der Waals surface area contributed by atoms with Crippen LogP contribution in [0, 0.1) is 5.82 Å². The molecule has 1 aromatic heterocycles. The Morgan fingerprint density at radius 3 is 2.48 bits per heavy atom. The molecule has 2 heterocycles. The van der Waals surface area contributed by atoms with Crippen LogP contribution in [0.1, 0.15) is 20.8 Å². The second-order valence-electron chi connectivity index (χ2n) is 5.89. The van der Waals surface area contributed by atoms with Crippen molar-refractivity contribution in [1.82, 2.24) is 9.88 Å². The summed E-state index contributed by atoms with van der Waals surface area (Å²) >= 11 is 3.24. The predicted octanol–water partition coefficient (Wildman–Crippen LogP) is 3.04. The van der Waals surface area contributed by atoms with E-state index in [-0.39, 0.29) is 11.9 Å². The molecule has 2 rings (SSSR count). The molecule has 0 N–H and O–H groups in total. The van der Waals surface area contributed by atoms with Crippen molar-refractivity contribution in [3.63, 3.8) is 0 Å². The molecule has 5 nitrogen and oxygen atoms in total. The number of piperazine rings is 1. The summed E-state index contributed by atoms with van der Waals surface area (Å²) < 4.78 is 19.7. The number of ether oxygens (including phenoxy) is 1. The summed E-state index contributed by atoms with van der Waals surface area (Å²) in [7, 11) is 0. The number of hydrogen-bond acceptors (Lipinski definition) is 4. The molecule has 0 aliphatic carbocycles. The summed E-state index contributed by atoms with van der Waals surface area (Å²) in [5, 5.41) is 0. The van der Waals surface area contributed by atoms with Crippen molar-refractivity contribution in [3.05, 3.63) is 22.6 Å². The Bertz CT molecular complexity index is 525. The van der Waals surface area contributed by atoms with Gasteiger partial charge in [-0.2, -0.15) is 0 Å². The molecule has 7 heteroatoms. The van der Waals surface area contributed by atoms with Gasteiger partial charge in [0.15, 0.2) is 11.6 Å². The van der Waals surface area contributed by atoms with E-state index in [1.54, 1.807) is 11.0 Å². The average molecular weight is 360 g/mol. The average Bonchev–Trinajstić information content (AvgIpc) is 2.40. The van der Waals surface area contributed by atoms with Crippen LogP contribution >= 0.6 is 15.9 Å². The number of anilines is 1. The Kier molecular flexibility index (Phi) is 4.70. The maximum Gasteiger partial charge on any atom is 0.410 e. The third kappa shape index (κ3) is 4.30. The first-order chi connectivity index (χ1) is 9.76. The van der Waals surface area contributed by atoms with Crippen LogP contribution < -0.4 is 4.90 Å². The van der Waals surface area contributed by atoms with Crippen LogP contribution in [0.5, 0.6) is 0 Å². The smallest absolute Gasteiger partial charge is 0.410 e. The number of pyridine rings is 1. The minimum Gasteiger partial charge on any atom is -0.444 e. The second kappa shape index (κ2) is 6.17. The molecule has 0 unspecified atom stereocenters. The number of rotatable bonds is 1. The lowest BCUT2D eigenvalue weighted by molar-refractivity contribution is 0.0240. The Labute approximate surface area is 132 Å². The first kappa shape index (κ1) is 16.0. The predicted molar refractivity (Wildman–Crippen MR) is 81.9 cm³/mol. The summed E-state index contributed by atoms with van der Waals surface area (Å²) in [4.78, 5) is 19.6. The van der Waals surface area contributed by atoms with Gasteiger partial charge in [0, 0.05) is 26.2 Å². The maximum atomic E-state index is 13.8. The molecule has 1 amide bonds. The van der Waals surface area contributed by atoms with Crippen LogP contribution in [-0.2, 0) is 4.74 Å². The fraction of sp³-hybridized carbons (Fsp3) is 0.571. The summed E-state index contributed by atoms with van der Waals surface area (Å²) in [6, 6.07) is 2.95. The minimum atomic E-state index is -0.508. The molecule has 116 valence electrons. The number of carbonyl (C=O) groups is 1. The van der Waals surface area contributed by atoms with Crippen molar-refractivity contribution >= 4 is 27.8 Å². The Morgan fingerprint density at radius 2 is 1.90 bits per heavy atom. The van der Waals surface area contributed by atoms with E-state index in [0.717, 1.165) is 0 Å². The summed E-state index contributed by atoms with van der Waals surface area (Å²) in [6.07, 6.45) is -0.329. The van der Waals surface area contributed by atoms with E-state index in [4.69, 9.17) is 4.74 Å². The lowest BCUT2D eigenvalue weighted by Gasteiger charge is -2.36. The van der Waals surface area contributed by atoms with Gasteiger partial charge in [-0.1, -0.05) is 0 Å². The third-order valence-electron chi connectivity index (χ3n) is 3.02. The number of hydrogen-bond donors (Lipinski definition) is 0. The summed E-state index contributed by atoms with van der Waals surface area (Å²) in [6.45, 7) is 7.54. The van der Waals surface area contributed by atoms with E-state index in [1.165, 1.54) is 6.07 Å². The quantitative estimate of drug-likeness (QED) is 0.723. The molecule has 1 aliphatic rings. The Morgan fingerprint density at radius 1 is 1.29 bits per heavy atom. The number of amides is 1. The van der Waals surface area contributed by atoms with E-state index in [1.807, 2.05) is 25.7 Å². The van der Waals surface area contributed by atoms with Gasteiger partial charge >= 0.3 is 6.09 Å². The van der Waals surface area contributed by atoms with Gasteiger partial charge in [0.05, 0.1) is 0 Å². The molecule has 1 fully saturated rings. The van der Waals surface area contributed by atoms with Gasteiger partial charge in [-0.25, -0.2) is 14.2 Å². The van der Waals surface area contributed by atoms with Gasteiger partial charge in [-0.15, -0.1) is 0 Å². The molecular formula is C14H19BrFN3O2. The Hall–Kier alpha value is -1.37. The SMILES string of the molecule is CC(C)(C)OC(=O)N1CCN(c2nc(Br)ccc2F)CC1. The number of halogens is 2. The molecule has 21 heavy (non-hydrogen) atoms. The topological polar surface area (TPSA) is 45.7 Å². The van der Waals surface area contributed by atoms with E-state index in [9.17, 15) is 9.18 Å². The van der Waals surface area contributed by atoms with Crippen molar-refractivity contribution < 1.29 is 13.9 Å². The monoisotopic (exact) mass is 359 g/mol. The largest absolute Gasteiger partial charge is 0.444 e. The molecule has 0 saturated carbocycles. The molecular weight excluding hydrogens is 341 g/mol. The summed E-state index contributed by atoms with van der Waals surface area (Å²) in [5.74, 6) is -0.0443. The van der Waals surface area contributed by atoms with Gasteiger partial charge in [-0.05, 0) is 48.8 Å². The van der Waals surface area contributed by atoms with Crippen LogP contribution in [0.15, 0.2) is 16.7 Å². The summed E-state index contributed by atoms with van der Waals surface area (Å²) in [5.41, 5.74) is -0.508. The first-order valence-corrected chi connectivity index (χ1v) is 7.60. The highest BCUT2D eigenvalue weighted by Gasteiger charge is 2.27. The van der Waals surface area contributed by atoms with E-state index >= 15 is 0 Å². The molecule has 1 saturated heterocycles. The lowest BCUT2D eigenvalue weighted by atomic mass is 10.2. The lowest BCUT2D eigenvalue weighted by Crippen LogP contribution is -2.50. The van der Waals surface area contributed by atoms with Gasteiger partial charge in [0.1, 0.15) is 10.2 Å². The van der Waals surface area contributed by atoms with Crippen molar-refractivity contribution in [2.45, 2.75) is 26.4 Å². The molecule has 0 atom stereocenters. The molecule has 0 bridgehead atoms. The van der Waals surface area contributed by atoms with Crippen LogP contribution in [0.2, 0.25) is 0 Å². The van der Waals surface area contributed by atoms with Crippen molar-refractivity contribution in [3.8, 4) is 0 Å². The van der Waals surface area contributed by atoms with Crippen molar-refractivity contribution in [1.29, 1.82) is 0 Å². The molecule has 1 aromatic rings. The van der Waals surface area contributed by atoms with E-state index in [0.29, 0.717) is 36.6 Å². The number of carbonyl (C=O) groups excluding carboxylic acids is 1. The van der Waals surface area contributed by atoms with Crippen LogP contribution in [0.25, 0.3) is 0 Å². The molecule has 0 spiro atoms. The molecule has 0 radical (unpaired) electrons. The maximum absolute atomic E-state index is 13.8. The zero-order chi connectivity index (χ0) is 15.6. The highest BCUT2D eigenvalue weighted by molar-refractivity contribution is 9.10. The normalized spacial score (nSPS) is 16.0. The van der Waals surface area contributed by atoms with Crippen LogP contribution in [0.3, 0.4) is 0 Å². The fourth-order valence-corrected chi connectivity index (χ4v) is 2.36. The number of nitrogens with zero attached hydrogens (tertiary/aromatic N) is 3. The fourth-order valence-electron chi connectivity index (χ4n) is 2.06. The zero-order valence-corrected chi connectivity index (χ0v) is 14.0. The van der Waals surface area contributed by atoms with Crippen molar-refractivity contribution in [2.24, 2.45) is 0 Å². The van der Waals surface area contributed by atoms with E-state index in [2.05, 4.69) is 20.9 Å². The number of aromatic nitrogens is 1. The molecule has 1 aliphatic heterocycles. The van der Waals surface area contributed by atoms with Crippen molar-refractivity contribution in [2.75, 3.05) is 31.1 Å². The Balaban J connectivity index is 1.97. The van der Waals surface area contributed by atoms with Gasteiger partial charge in [0.2, 0.25) is 0 Å². The van der Waals surface area contributed by atoms with Crippen LogP contribution in [0.4, 0.5) is 15.0 Å². The first-order valence-electron chi connectivity index (χ1n) is 6.81. The minimum absolute atomic E-state index is 0.313. The van der Waals surface area contributed by atoms with Crippen LogP contribution in [-0.4, -0.2) is 47.8 Å². The van der Waals surface area contributed by atoms with Gasteiger partial charge in [-0.3, -0.25) is 0 Å². The second-order valence-corrected chi connectivity index (χ2v) is 6.71. The highest BCUT2D eigenvalue weighted by atomic mass is 79.9. The standard InChI is InChI=1S/C14H19BrFN3O2/c1-14(2,3)21-13(20)19-8-6-18(7-9-19)12-10(16)4-5-11(15)17-12/h4-5H,6-9H2,1-3H3. The van der Waals surface area contributed by atoms with Gasteiger partial charge in [0.25, 0.3) is 0 Å². The van der Waals surface area contributed by atoms with E-state index < -0.39 is 5.60 Å². The third-order valence-corrected chi connectivity index (χ3v) is 3.47. The zero-order valence-electron chi connectivity index (χ0n) is 12.4. The van der Waals surface area contributed by atoms with Gasteiger partial charge < -0.3 is 14.5 Å².